The van der Waals surface area contributed by atoms with Gasteiger partial charge in [-0.3, -0.25) is 4.79 Å². The van der Waals surface area contributed by atoms with Crippen molar-refractivity contribution in [1.82, 2.24) is 4.90 Å². The van der Waals surface area contributed by atoms with Gasteiger partial charge in [-0.1, -0.05) is 69.5 Å². The molecule has 28 heavy (non-hydrogen) atoms. The normalized spacial score (nSPS) is 16.4. The predicted molar refractivity (Wildman–Crippen MR) is 109 cm³/mol. The van der Waals surface area contributed by atoms with Crippen molar-refractivity contribution in [2.24, 2.45) is 0 Å². The Labute approximate surface area is 172 Å². The lowest BCUT2D eigenvalue weighted by atomic mass is 10.1. The van der Waals surface area contributed by atoms with Crippen molar-refractivity contribution in [3.8, 4) is 0 Å². The molecule has 1 atom stereocenters. The monoisotopic (exact) mass is 411 g/mol. The molecule has 0 saturated carbocycles. The first kappa shape index (κ1) is 22.7. The Morgan fingerprint density at radius 2 is 1.82 bits per heavy atom. The van der Waals surface area contributed by atoms with E-state index in [0.29, 0.717) is 26.0 Å². The van der Waals surface area contributed by atoms with Gasteiger partial charge in [-0.15, -0.1) is 0 Å². The third-order valence-electron chi connectivity index (χ3n) is 5.21. The van der Waals surface area contributed by atoms with Crippen LogP contribution in [0.25, 0.3) is 0 Å². The zero-order valence-corrected chi connectivity index (χ0v) is 17.5. The maximum atomic E-state index is 14.2. The third-order valence-corrected chi connectivity index (χ3v) is 5.50. The lowest BCUT2D eigenvalue weighted by molar-refractivity contribution is -0.148. The van der Waals surface area contributed by atoms with Crippen LogP contribution in [-0.4, -0.2) is 36.0 Å². The van der Waals surface area contributed by atoms with E-state index in [1.54, 1.807) is 0 Å². The number of halogens is 2. The summed E-state index contributed by atoms with van der Waals surface area (Å²) in [6.45, 7) is 3.00. The molecule has 0 radical (unpaired) electrons. The highest BCUT2D eigenvalue weighted by Gasteiger charge is 2.36. The van der Waals surface area contributed by atoms with Gasteiger partial charge >= 0.3 is 5.97 Å². The van der Waals surface area contributed by atoms with Gasteiger partial charge in [0, 0.05) is 6.54 Å². The average molecular weight is 412 g/mol. The molecule has 156 valence electrons. The van der Waals surface area contributed by atoms with Crippen LogP contribution in [0.15, 0.2) is 18.2 Å². The molecular weight excluding hydrogens is 381 g/mol. The van der Waals surface area contributed by atoms with Crippen LogP contribution in [0.1, 0.15) is 81.5 Å². The fraction of sp³-hybridized carbons (Fsp3) is 0.636. The molecule has 1 fully saturated rings. The van der Waals surface area contributed by atoms with Crippen LogP contribution < -0.4 is 0 Å². The number of likely N-dealkylation sites (tertiary alicyclic amines) is 1. The first-order valence-electron chi connectivity index (χ1n) is 10.5. The number of nitrogens with zero attached hydrogens (tertiary/aromatic N) is 1. The molecule has 0 aromatic heterocycles. The van der Waals surface area contributed by atoms with Crippen molar-refractivity contribution in [2.45, 2.75) is 77.2 Å². The van der Waals surface area contributed by atoms with Gasteiger partial charge in [0.25, 0.3) is 5.91 Å². The second-order valence-corrected chi connectivity index (χ2v) is 7.81. The van der Waals surface area contributed by atoms with E-state index < -0.39 is 23.7 Å². The van der Waals surface area contributed by atoms with Crippen LogP contribution in [0.5, 0.6) is 0 Å². The van der Waals surface area contributed by atoms with Gasteiger partial charge in [0.15, 0.2) is 5.82 Å². The highest BCUT2D eigenvalue weighted by atomic mass is 35.5. The van der Waals surface area contributed by atoms with Crippen molar-refractivity contribution in [1.29, 1.82) is 0 Å². The number of carbonyl (C=O) groups excluding carboxylic acids is 2. The number of benzene rings is 1. The third kappa shape index (κ3) is 6.47. The first-order valence-corrected chi connectivity index (χ1v) is 10.9. The Morgan fingerprint density at radius 3 is 2.54 bits per heavy atom. The van der Waals surface area contributed by atoms with Gasteiger partial charge in [0.2, 0.25) is 0 Å². The quantitative estimate of drug-likeness (QED) is 0.343. The van der Waals surface area contributed by atoms with Crippen molar-refractivity contribution >= 4 is 23.5 Å². The smallest absolute Gasteiger partial charge is 0.328 e. The lowest BCUT2D eigenvalue weighted by Crippen LogP contribution is -2.41. The maximum absolute atomic E-state index is 14.2. The van der Waals surface area contributed by atoms with Crippen LogP contribution in [0.3, 0.4) is 0 Å². The number of hydrogen-bond donors (Lipinski definition) is 0. The summed E-state index contributed by atoms with van der Waals surface area (Å²) < 4.78 is 19.5. The minimum Gasteiger partial charge on any atom is -0.464 e. The number of carbonyl (C=O) groups is 2. The molecule has 1 aliphatic heterocycles. The van der Waals surface area contributed by atoms with Crippen LogP contribution in [0.2, 0.25) is 5.02 Å². The second kappa shape index (κ2) is 12.1. The summed E-state index contributed by atoms with van der Waals surface area (Å²) in [5.41, 5.74) is -0.102. The highest BCUT2D eigenvalue weighted by Crippen LogP contribution is 2.25. The summed E-state index contributed by atoms with van der Waals surface area (Å²) >= 11 is 5.77. The van der Waals surface area contributed by atoms with E-state index in [9.17, 15) is 14.0 Å². The number of unbranched alkanes of at least 4 members (excludes halogenated alkanes) is 7. The van der Waals surface area contributed by atoms with Crippen LogP contribution in [-0.2, 0) is 9.53 Å². The fourth-order valence-corrected chi connectivity index (χ4v) is 3.76. The molecule has 1 aliphatic rings. The van der Waals surface area contributed by atoms with Crippen LogP contribution in [0, 0.1) is 5.82 Å². The molecule has 1 aromatic carbocycles. The van der Waals surface area contributed by atoms with Crippen molar-refractivity contribution in [3.63, 3.8) is 0 Å². The summed E-state index contributed by atoms with van der Waals surface area (Å²) in [5.74, 6) is -1.64. The lowest BCUT2D eigenvalue weighted by Gasteiger charge is -2.23. The fourth-order valence-electron chi connectivity index (χ4n) is 3.58. The summed E-state index contributed by atoms with van der Waals surface area (Å²) in [7, 11) is 0. The van der Waals surface area contributed by atoms with Crippen LogP contribution >= 0.6 is 11.6 Å². The summed E-state index contributed by atoms with van der Waals surface area (Å²) in [6.07, 6.45) is 10.6. The topological polar surface area (TPSA) is 46.6 Å². The van der Waals surface area contributed by atoms with Crippen LogP contribution in [0.4, 0.5) is 4.39 Å². The molecule has 4 nitrogen and oxygen atoms in total. The minimum absolute atomic E-state index is 0.0983. The molecule has 2 rings (SSSR count). The van der Waals surface area contributed by atoms with E-state index >= 15 is 0 Å². The average Bonchev–Trinajstić information content (AvgIpc) is 3.18. The van der Waals surface area contributed by atoms with Gasteiger partial charge in [0.05, 0.1) is 17.2 Å². The SMILES string of the molecule is CCCCCCCCCCOC(=O)C1CCCN1C(=O)c1cccc(Cl)c1F. The molecule has 0 N–H and O–H groups in total. The minimum atomic E-state index is -0.743. The Bertz CT molecular complexity index is 653. The Balaban J connectivity index is 1.75. The Kier molecular flexibility index (Phi) is 9.76. The van der Waals surface area contributed by atoms with E-state index in [1.807, 2.05) is 0 Å². The number of amides is 1. The molecule has 6 heteroatoms. The first-order chi connectivity index (χ1) is 13.6. The largest absolute Gasteiger partial charge is 0.464 e. The van der Waals surface area contributed by atoms with Gasteiger partial charge < -0.3 is 9.64 Å². The van der Waals surface area contributed by atoms with E-state index in [-0.39, 0.29) is 10.6 Å². The molecule has 1 heterocycles. The van der Waals surface area contributed by atoms with Crippen molar-refractivity contribution in [3.05, 3.63) is 34.6 Å². The molecule has 1 unspecified atom stereocenters. The summed E-state index contributed by atoms with van der Waals surface area (Å²) in [4.78, 5) is 26.5. The second-order valence-electron chi connectivity index (χ2n) is 7.40. The molecule has 1 aromatic rings. The standard InChI is InChI=1S/C22H31ClFNO3/c1-2-3-4-5-6-7-8-9-16-28-22(27)19-14-11-15-25(19)21(26)17-12-10-13-18(23)20(17)24/h10,12-13,19H,2-9,11,14-16H2,1H3. The number of hydrogen-bond acceptors (Lipinski definition) is 3. The van der Waals surface area contributed by atoms with E-state index in [2.05, 4.69) is 6.92 Å². The summed E-state index contributed by atoms with van der Waals surface area (Å²) in [6, 6.07) is 3.68. The molecular formula is C22H31ClFNO3. The van der Waals surface area contributed by atoms with Gasteiger partial charge in [0.1, 0.15) is 6.04 Å². The van der Waals surface area contributed by atoms with Gasteiger partial charge in [-0.05, 0) is 31.4 Å². The zero-order chi connectivity index (χ0) is 20.4. The van der Waals surface area contributed by atoms with E-state index in [0.717, 1.165) is 19.3 Å². The maximum Gasteiger partial charge on any atom is 0.328 e. The predicted octanol–water partition coefficient (Wildman–Crippen LogP) is 5.77. The molecule has 0 bridgehead atoms. The van der Waals surface area contributed by atoms with E-state index in [1.165, 1.54) is 55.2 Å². The highest BCUT2D eigenvalue weighted by molar-refractivity contribution is 6.31. The molecule has 1 amide bonds. The molecule has 0 spiro atoms. The van der Waals surface area contributed by atoms with Crippen molar-refractivity contribution < 1.29 is 18.7 Å². The number of rotatable bonds is 11. The molecule has 1 saturated heterocycles. The van der Waals surface area contributed by atoms with E-state index in [4.69, 9.17) is 16.3 Å². The van der Waals surface area contributed by atoms with Gasteiger partial charge in [-0.25, -0.2) is 9.18 Å². The Hall–Kier alpha value is -1.62. The Morgan fingerprint density at radius 1 is 1.14 bits per heavy atom. The number of esters is 1. The van der Waals surface area contributed by atoms with Crippen molar-refractivity contribution in [2.75, 3.05) is 13.2 Å². The van der Waals surface area contributed by atoms with Gasteiger partial charge in [-0.2, -0.15) is 0 Å². The molecule has 0 aliphatic carbocycles. The number of ether oxygens (including phenoxy) is 1. The summed E-state index contributed by atoms with van der Waals surface area (Å²) in [5, 5.41) is -0.0983. The zero-order valence-electron chi connectivity index (χ0n) is 16.7.